The number of quaternary nitrogens is 1. The number of aryl methyl sites for hydroxylation is 1. The number of benzene rings is 2. The van der Waals surface area contributed by atoms with Gasteiger partial charge in [0.05, 0.1) is 56.8 Å². The number of hydrogen-bond acceptors (Lipinski definition) is 5. The van der Waals surface area contributed by atoms with Crippen molar-refractivity contribution in [3.63, 3.8) is 0 Å². The van der Waals surface area contributed by atoms with Crippen molar-refractivity contribution < 1.29 is 24.0 Å². The van der Waals surface area contributed by atoms with E-state index in [2.05, 4.69) is 24.1 Å². The molecule has 1 aliphatic rings. The molecule has 7 heteroatoms. The van der Waals surface area contributed by atoms with E-state index in [1.165, 1.54) is 12.7 Å². The van der Waals surface area contributed by atoms with Crippen molar-refractivity contribution in [2.45, 2.75) is 20.3 Å². The quantitative estimate of drug-likeness (QED) is 0.630. The SMILES string of the molecule is CCc1ccc(OCC(=O)Nc2cc(C(=O)OC)ccc2N2CC[NH+](CC)CC2)cc1. The molecule has 7 nitrogen and oxygen atoms in total. The van der Waals surface area contributed by atoms with Gasteiger partial charge in [0, 0.05) is 0 Å². The minimum atomic E-state index is -0.436. The summed E-state index contributed by atoms with van der Waals surface area (Å²) in [6.07, 6.45) is 0.952. The molecule has 0 unspecified atom stereocenters. The third-order valence-electron chi connectivity index (χ3n) is 5.70. The maximum atomic E-state index is 12.6. The van der Waals surface area contributed by atoms with Crippen LogP contribution in [0.2, 0.25) is 0 Å². The van der Waals surface area contributed by atoms with E-state index in [9.17, 15) is 9.59 Å². The topological polar surface area (TPSA) is 72.3 Å². The number of carbonyl (C=O) groups excluding carboxylic acids is 2. The second-order valence-electron chi connectivity index (χ2n) is 7.65. The van der Waals surface area contributed by atoms with E-state index in [4.69, 9.17) is 9.47 Å². The van der Waals surface area contributed by atoms with E-state index < -0.39 is 5.97 Å². The first-order valence-corrected chi connectivity index (χ1v) is 10.9. The van der Waals surface area contributed by atoms with Crippen LogP contribution in [0, 0.1) is 0 Å². The van der Waals surface area contributed by atoms with Crippen LogP contribution in [-0.4, -0.2) is 58.3 Å². The summed E-state index contributed by atoms with van der Waals surface area (Å²) in [6.45, 7) is 9.15. The molecule has 0 atom stereocenters. The van der Waals surface area contributed by atoms with Gasteiger partial charge in [-0.25, -0.2) is 4.79 Å². The number of piperazine rings is 1. The van der Waals surface area contributed by atoms with Crippen molar-refractivity contribution >= 4 is 23.3 Å². The zero-order chi connectivity index (χ0) is 22.2. The number of hydrogen-bond donors (Lipinski definition) is 2. The van der Waals surface area contributed by atoms with Crippen LogP contribution in [0.3, 0.4) is 0 Å². The van der Waals surface area contributed by atoms with Crippen LogP contribution in [0.25, 0.3) is 0 Å². The fourth-order valence-corrected chi connectivity index (χ4v) is 3.73. The lowest BCUT2D eigenvalue weighted by Gasteiger charge is -2.34. The van der Waals surface area contributed by atoms with E-state index in [1.54, 1.807) is 17.0 Å². The molecule has 0 saturated carbocycles. The molecular weight excluding hydrogens is 394 g/mol. The average Bonchev–Trinajstić information content (AvgIpc) is 2.82. The average molecular weight is 427 g/mol. The third kappa shape index (κ3) is 5.98. The summed E-state index contributed by atoms with van der Waals surface area (Å²) >= 11 is 0. The van der Waals surface area contributed by atoms with Crippen LogP contribution < -0.4 is 19.9 Å². The van der Waals surface area contributed by atoms with Crippen molar-refractivity contribution in [1.29, 1.82) is 0 Å². The van der Waals surface area contributed by atoms with Crippen molar-refractivity contribution in [3.8, 4) is 5.75 Å². The summed E-state index contributed by atoms with van der Waals surface area (Å²) in [5, 5.41) is 2.93. The molecule has 1 heterocycles. The summed E-state index contributed by atoms with van der Waals surface area (Å²) in [5.74, 6) is -0.0650. The zero-order valence-corrected chi connectivity index (χ0v) is 18.6. The van der Waals surface area contributed by atoms with Crippen LogP contribution in [0.15, 0.2) is 42.5 Å². The summed E-state index contributed by atoms with van der Waals surface area (Å²) in [6, 6.07) is 13.0. The highest BCUT2D eigenvalue weighted by atomic mass is 16.5. The molecule has 1 amide bonds. The molecular formula is C24H32N3O4+. The van der Waals surface area contributed by atoms with E-state index in [0.717, 1.165) is 44.8 Å². The third-order valence-corrected chi connectivity index (χ3v) is 5.70. The summed E-state index contributed by atoms with van der Waals surface area (Å²) in [5.41, 5.74) is 3.11. The zero-order valence-electron chi connectivity index (χ0n) is 18.6. The van der Waals surface area contributed by atoms with Gasteiger partial charge in [-0.1, -0.05) is 19.1 Å². The number of nitrogens with one attached hydrogen (secondary N) is 2. The van der Waals surface area contributed by atoms with Crippen LogP contribution in [0.1, 0.15) is 29.8 Å². The van der Waals surface area contributed by atoms with Crippen molar-refractivity contribution in [1.82, 2.24) is 0 Å². The van der Waals surface area contributed by atoms with Gasteiger partial charge in [0.15, 0.2) is 6.61 Å². The van der Waals surface area contributed by atoms with Crippen molar-refractivity contribution in [2.75, 3.05) is 56.7 Å². The Morgan fingerprint density at radius 3 is 2.39 bits per heavy atom. The highest BCUT2D eigenvalue weighted by molar-refractivity contribution is 5.98. The maximum absolute atomic E-state index is 12.6. The Balaban J connectivity index is 1.71. The number of carbonyl (C=O) groups is 2. The number of amides is 1. The molecule has 0 aromatic heterocycles. The monoisotopic (exact) mass is 426 g/mol. The number of esters is 1. The smallest absolute Gasteiger partial charge is 0.337 e. The number of methoxy groups -OCH3 is 1. The van der Waals surface area contributed by atoms with Crippen LogP contribution in [0.5, 0.6) is 5.75 Å². The number of likely N-dealkylation sites (N-methyl/N-ethyl adjacent to an activating group) is 1. The number of rotatable bonds is 8. The molecule has 0 spiro atoms. The number of anilines is 2. The Kier molecular flexibility index (Phi) is 7.89. The van der Waals surface area contributed by atoms with E-state index in [-0.39, 0.29) is 12.5 Å². The normalized spacial score (nSPS) is 14.2. The Hall–Kier alpha value is -3.06. The Morgan fingerprint density at radius 1 is 1.06 bits per heavy atom. The molecule has 1 saturated heterocycles. The largest absolute Gasteiger partial charge is 0.484 e. The van der Waals surface area contributed by atoms with Gasteiger partial charge in [-0.2, -0.15) is 0 Å². The lowest BCUT2D eigenvalue weighted by Crippen LogP contribution is -3.14. The molecule has 2 N–H and O–H groups in total. The van der Waals surface area contributed by atoms with Crippen LogP contribution >= 0.6 is 0 Å². The summed E-state index contributed by atoms with van der Waals surface area (Å²) in [7, 11) is 1.35. The van der Waals surface area contributed by atoms with Gasteiger partial charge < -0.3 is 24.6 Å². The molecule has 0 aliphatic carbocycles. The van der Waals surface area contributed by atoms with Gasteiger partial charge in [-0.05, 0) is 49.2 Å². The van der Waals surface area contributed by atoms with E-state index in [1.807, 2.05) is 30.3 Å². The van der Waals surface area contributed by atoms with E-state index >= 15 is 0 Å². The lowest BCUT2D eigenvalue weighted by atomic mass is 10.1. The second kappa shape index (κ2) is 10.8. The predicted molar refractivity (Wildman–Crippen MR) is 121 cm³/mol. The second-order valence-corrected chi connectivity index (χ2v) is 7.65. The van der Waals surface area contributed by atoms with Gasteiger partial charge in [-0.3, -0.25) is 4.79 Å². The Morgan fingerprint density at radius 2 is 1.77 bits per heavy atom. The highest BCUT2D eigenvalue weighted by Gasteiger charge is 2.22. The fourth-order valence-electron chi connectivity index (χ4n) is 3.73. The van der Waals surface area contributed by atoms with Crippen molar-refractivity contribution in [2.24, 2.45) is 0 Å². The lowest BCUT2D eigenvalue weighted by molar-refractivity contribution is -0.898. The molecule has 2 aromatic rings. The first-order valence-electron chi connectivity index (χ1n) is 10.9. The minimum Gasteiger partial charge on any atom is -0.484 e. The first-order chi connectivity index (χ1) is 15.0. The number of ether oxygens (including phenoxy) is 2. The van der Waals surface area contributed by atoms with Crippen LogP contribution in [-0.2, 0) is 16.0 Å². The highest BCUT2D eigenvalue weighted by Crippen LogP contribution is 2.28. The van der Waals surface area contributed by atoms with Crippen molar-refractivity contribution in [3.05, 3.63) is 53.6 Å². The Labute approximate surface area is 183 Å². The molecule has 1 aliphatic heterocycles. The summed E-state index contributed by atoms with van der Waals surface area (Å²) < 4.78 is 10.5. The number of nitrogens with zero attached hydrogens (tertiary/aromatic N) is 1. The van der Waals surface area contributed by atoms with Gasteiger partial charge in [0.25, 0.3) is 5.91 Å². The fraction of sp³-hybridized carbons (Fsp3) is 0.417. The molecule has 166 valence electrons. The molecule has 31 heavy (non-hydrogen) atoms. The first kappa shape index (κ1) is 22.6. The van der Waals surface area contributed by atoms with Gasteiger partial charge >= 0.3 is 5.97 Å². The minimum absolute atomic E-state index is 0.110. The molecule has 0 radical (unpaired) electrons. The predicted octanol–water partition coefficient (Wildman–Crippen LogP) is 1.78. The maximum Gasteiger partial charge on any atom is 0.337 e. The molecule has 3 rings (SSSR count). The van der Waals surface area contributed by atoms with Gasteiger partial charge in [0.2, 0.25) is 0 Å². The van der Waals surface area contributed by atoms with Gasteiger partial charge in [-0.15, -0.1) is 0 Å². The molecule has 1 fully saturated rings. The summed E-state index contributed by atoms with van der Waals surface area (Å²) in [4.78, 5) is 28.4. The molecule has 0 bridgehead atoms. The molecule has 2 aromatic carbocycles. The van der Waals surface area contributed by atoms with E-state index in [0.29, 0.717) is 17.0 Å². The van der Waals surface area contributed by atoms with Gasteiger partial charge in [0.1, 0.15) is 5.75 Å². The standard InChI is InChI=1S/C24H31N3O4/c1-4-18-6-9-20(10-7-18)31-17-23(28)25-21-16-19(24(29)30-3)8-11-22(21)27-14-12-26(5-2)13-15-27/h6-11,16H,4-5,12-15,17H2,1-3H3,(H,25,28)/p+1. The Bertz CT molecular complexity index is 890. The van der Waals surface area contributed by atoms with Crippen LogP contribution in [0.4, 0.5) is 11.4 Å².